The zero-order chi connectivity index (χ0) is 14.5. The van der Waals surface area contributed by atoms with E-state index in [1.807, 2.05) is 11.8 Å². The van der Waals surface area contributed by atoms with Crippen molar-refractivity contribution in [2.24, 2.45) is 0 Å². The fourth-order valence-electron chi connectivity index (χ4n) is 1.62. The first-order chi connectivity index (χ1) is 8.93. The average Bonchev–Trinajstić information content (AvgIpc) is 2.40. The van der Waals surface area contributed by atoms with E-state index >= 15 is 0 Å². The molecule has 1 N–H and O–H groups in total. The highest BCUT2D eigenvalue weighted by Gasteiger charge is 2.17. The van der Waals surface area contributed by atoms with Gasteiger partial charge in [-0.1, -0.05) is 0 Å². The van der Waals surface area contributed by atoms with Gasteiger partial charge in [0.25, 0.3) is 0 Å². The van der Waals surface area contributed by atoms with Gasteiger partial charge in [-0.2, -0.15) is 0 Å². The summed E-state index contributed by atoms with van der Waals surface area (Å²) < 4.78 is 24.9. The van der Waals surface area contributed by atoms with Crippen LogP contribution in [-0.2, 0) is 10.0 Å². The minimum absolute atomic E-state index is 0.129. The maximum absolute atomic E-state index is 11.9. The van der Waals surface area contributed by atoms with Crippen LogP contribution in [0.25, 0.3) is 0 Å². The van der Waals surface area contributed by atoms with E-state index in [0.717, 1.165) is 10.8 Å². The van der Waals surface area contributed by atoms with Gasteiger partial charge in [0.15, 0.2) is 0 Å². The number of pyridine rings is 1. The number of hydrogen-bond acceptors (Lipinski definition) is 5. The number of rotatable bonds is 7. The third kappa shape index (κ3) is 3.89. The van der Waals surface area contributed by atoms with Crippen molar-refractivity contribution < 1.29 is 13.5 Å². The zero-order valence-electron chi connectivity index (χ0n) is 11.6. The second-order valence-electron chi connectivity index (χ2n) is 4.30. The molecule has 0 saturated carbocycles. The van der Waals surface area contributed by atoms with Gasteiger partial charge < -0.3 is 10.0 Å². The quantitative estimate of drug-likeness (QED) is 0.792. The van der Waals surface area contributed by atoms with Crippen LogP contribution in [0.3, 0.4) is 0 Å². The van der Waals surface area contributed by atoms with Crippen molar-refractivity contribution in [3.63, 3.8) is 0 Å². The Morgan fingerprint density at radius 2 is 2.00 bits per heavy atom. The molecule has 0 aliphatic heterocycles. The Morgan fingerprint density at radius 3 is 2.42 bits per heavy atom. The maximum atomic E-state index is 11.9. The summed E-state index contributed by atoms with van der Waals surface area (Å²) in [5, 5.41) is 8.84. The number of aromatic nitrogens is 1. The molecule has 0 aliphatic rings. The van der Waals surface area contributed by atoms with E-state index in [2.05, 4.69) is 4.98 Å². The van der Waals surface area contributed by atoms with Crippen molar-refractivity contribution >= 4 is 15.8 Å². The number of sulfonamides is 1. The molecule has 0 spiro atoms. The van der Waals surface area contributed by atoms with E-state index in [4.69, 9.17) is 5.11 Å². The molecule has 7 heteroatoms. The monoisotopic (exact) mass is 287 g/mol. The molecule has 1 aromatic rings. The fraction of sp³-hybridized carbons (Fsp3) is 0.583. The van der Waals surface area contributed by atoms with Crippen LogP contribution in [0.2, 0.25) is 0 Å². The molecule has 6 nitrogen and oxygen atoms in total. The van der Waals surface area contributed by atoms with Gasteiger partial charge in [-0.05, 0) is 25.5 Å². The summed E-state index contributed by atoms with van der Waals surface area (Å²) in [6.45, 7) is 3.57. The predicted octanol–water partition coefficient (Wildman–Crippen LogP) is 0.541. The lowest BCUT2D eigenvalue weighted by Crippen LogP contribution is -2.26. The summed E-state index contributed by atoms with van der Waals surface area (Å²) in [5.41, 5.74) is 0. The standard InChI is InChI=1S/C12H21N3O3S/c1-4-15(8-5-9-16)12-7-6-11(10-13-12)19(17,18)14(2)3/h6-7,10,16H,4-5,8-9H2,1-3H3. The van der Waals surface area contributed by atoms with Gasteiger partial charge in [-0.15, -0.1) is 0 Å². The first-order valence-corrected chi connectivity index (χ1v) is 7.62. The highest BCUT2D eigenvalue weighted by molar-refractivity contribution is 7.89. The van der Waals surface area contributed by atoms with E-state index in [0.29, 0.717) is 18.8 Å². The van der Waals surface area contributed by atoms with Gasteiger partial charge in [-0.25, -0.2) is 17.7 Å². The van der Waals surface area contributed by atoms with Crippen LogP contribution in [0.1, 0.15) is 13.3 Å². The van der Waals surface area contributed by atoms with Gasteiger partial charge in [0.2, 0.25) is 10.0 Å². The van der Waals surface area contributed by atoms with E-state index in [1.165, 1.54) is 20.3 Å². The molecule has 0 bridgehead atoms. The van der Waals surface area contributed by atoms with E-state index in [1.54, 1.807) is 12.1 Å². The molecule has 0 radical (unpaired) electrons. The van der Waals surface area contributed by atoms with E-state index in [9.17, 15) is 8.42 Å². The minimum atomic E-state index is -3.43. The Balaban J connectivity index is 2.92. The maximum Gasteiger partial charge on any atom is 0.244 e. The number of aliphatic hydroxyl groups excluding tert-OH is 1. The number of hydrogen-bond donors (Lipinski definition) is 1. The molecule has 1 heterocycles. The van der Waals surface area contributed by atoms with Gasteiger partial charge >= 0.3 is 0 Å². The SMILES string of the molecule is CCN(CCCO)c1ccc(S(=O)(=O)N(C)C)cn1. The van der Waals surface area contributed by atoms with Crippen molar-refractivity contribution in [3.8, 4) is 0 Å². The fourth-order valence-corrected chi connectivity index (χ4v) is 2.47. The number of nitrogens with zero attached hydrogens (tertiary/aromatic N) is 3. The number of aliphatic hydroxyl groups is 1. The third-order valence-corrected chi connectivity index (χ3v) is 4.59. The average molecular weight is 287 g/mol. The topological polar surface area (TPSA) is 73.7 Å². The van der Waals surface area contributed by atoms with Crippen LogP contribution in [0, 0.1) is 0 Å². The van der Waals surface area contributed by atoms with E-state index < -0.39 is 10.0 Å². The minimum Gasteiger partial charge on any atom is -0.396 e. The van der Waals surface area contributed by atoms with Crippen LogP contribution < -0.4 is 4.90 Å². The van der Waals surface area contributed by atoms with Crippen LogP contribution in [0.5, 0.6) is 0 Å². The Kier molecular flexibility index (Phi) is 5.71. The van der Waals surface area contributed by atoms with Crippen molar-refractivity contribution in [1.82, 2.24) is 9.29 Å². The molecule has 1 aromatic heterocycles. The zero-order valence-corrected chi connectivity index (χ0v) is 12.4. The molecule has 0 aromatic carbocycles. The van der Waals surface area contributed by atoms with Gasteiger partial charge in [-0.3, -0.25) is 0 Å². The molecular weight excluding hydrogens is 266 g/mol. The summed E-state index contributed by atoms with van der Waals surface area (Å²) >= 11 is 0. The Hall–Kier alpha value is -1.18. The summed E-state index contributed by atoms with van der Waals surface area (Å²) in [6, 6.07) is 3.25. The molecular formula is C12H21N3O3S. The molecule has 0 saturated heterocycles. The lowest BCUT2D eigenvalue weighted by Gasteiger charge is -2.21. The molecule has 0 fully saturated rings. The summed E-state index contributed by atoms with van der Waals surface area (Å²) in [5.74, 6) is 0.716. The summed E-state index contributed by atoms with van der Waals surface area (Å²) in [7, 11) is -0.453. The van der Waals surface area contributed by atoms with Crippen LogP contribution in [0.15, 0.2) is 23.2 Å². The first-order valence-electron chi connectivity index (χ1n) is 6.18. The Bertz CT molecular complexity index is 485. The second-order valence-corrected chi connectivity index (χ2v) is 6.45. The van der Waals surface area contributed by atoms with Crippen LogP contribution in [-0.4, -0.2) is 56.6 Å². The Labute approximate surface area is 114 Å². The summed E-state index contributed by atoms with van der Waals surface area (Å²) in [6.07, 6.45) is 2.03. The molecule has 19 heavy (non-hydrogen) atoms. The van der Waals surface area contributed by atoms with Crippen LogP contribution >= 0.6 is 0 Å². The lowest BCUT2D eigenvalue weighted by atomic mass is 10.3. The highest BCUT2D eigenvalue weighted by atomic mass is 32.2. The van der Waals surface area contributed by atoms with Gasteiger partial charge in [0, 0.05) is 40.0 Å². The Morgan fingerprint density at radius 1 is 1.32 bits per heavy atom. The molecule has 108 valence electrons. The van der Waals surface area contributed by atoms with Crippen molar-refractivity contribution in [3.05, 3.63) is 18.3 Å². The van der Waals surface area contributed by atoms with Gasteiger partial charge in [0.1, 0.15) is 10.7 Å². The molecule has 0 unspecified atom stereocenters. The normalized spacial score (nSPS) is 11.8. The smallest absolute Gasteiger partial charge is 0.244 e. The molecule has 0 amide bonds. The van der Waals surface area contributed by atoms with Crippen molar-refractivity contribution in [1.29, 1.82) is 0 Å². The lowest BCUT2D eigenvalue weighted by molar-refractivity contribution is 0.289. The number of anilines is 1. The van der Waals surface area contributed by atoms with Crippen molar-refractivity contribution in [2.75, 3.05) is 38.7 Å². The predicted molar refractivity (Wildman–Crippen MR) is 74.7 cm³/mol. The highest BCUT2D eigenvalue weighted by Crippen LogP contribution is 2.16. The third-order valence-electron chi connectivity index (χ3n) is 2.79. The van der Waals surface area contributed by atoms with E-state index in [-0.39, 0.29) is 11.5 Å². The summed E-state index contributed by atoms with van der Waals surface area (Å²) in [4.78, 5) is 6.36. The molecule has 0 aliphatic carbocycles. The van der Waals surface area contributed by atoms with Crippen molar-refractivity contribution in [2.45, 2.75) is 18.2 Å². The molecule has 1 rings (SSSR count). The molecule has 0 atom stereocenters. The van der Waals surface area contributed by atoms with Gasteiger partial charge in [0.05, 0.1) is 0 Å². The van der Waals surface area contributed by atoms with Crippen LogP contribution in [0.4, 0.5) is 5.82 Å². The second kappa shape index (κ2) is 6.83. The largest absolute Gasteiger partial charge is 0.396 e. The first kappa shape index (κ1) is 15.9.